The predicted molar refractivity (Wildman–Crippen MR) is 60.0 cm³/mol. The molecule has 0 aliphatic carbocycles. The van der Waals surface area contributed by atoms with Gasteiger partial charge >= 0.3 is 5.97 Å². The van der Waals surface area contributed by atoms with Crippen molar-refractivity contribution < 1.29 is 18.7 Å². The SMILES string of the molecule is CC(C(=O)O)N(Cc1ccccc1)CC(F)F. The number of alkyl halides is 2. The first-order valence-corrected chi connectivity index (χ1v) is 5.29. The molecule has 0 aliphatic rings. The largest absolute Gasteiger partial charge is 0.480 e. The van der Waals surface area contributed by atoms with E-state index in [4.69, 9.17) is 5.11 Å². The summed E-state index contributed by atoms with van der Waals surface area (Å²) in [7, 11) is 0. The fourth-order valence-corrected chi connectivity index (χ4v) is 1.51. The molecule has 0 spiro atoms. The van der Waals surface area contributed by atoms with E-state index < -0.39 is 25.0 Å². The van der Waals surface area contributed by atoms with E-state index in [2.05, 4.69) is 0 Å². The van der Waals surface area contributed by atoms with Gasteiger partial charge in [-0.25, -0.2) is 8.78 Å². The Bertz CT molecular complexity index is 357. The minimum atomic E-state index is -2.54. The van der Waals surface area contributed by atoms with Crippen molar-refractivity contribution in [2.75, 3.05) is 6.54 Å². The maximum absolute atomic E-state index is 12.4. The zero-order chi connectivity index (χ0) is 12.8. The number of carboxylic acid groups (broad SMARTS) is 1. The summed E-state index contributed by atoms with van der Waals surface area (Å²) >= 11 is 0. The van der Waals surface area contributed by atoms with E-state index in [1.165, 1.54) is 11.8 Å². The highest BCUT2D eigenvalue weighted by Crippen LogP contribution is 2.10. The highest BCUT2D eigenvalue weighted by atomic mass is 19.3. The van der Waals surface area contributed by atoms with Crippen molar-refractivity contribution >= 4 is 5.97 Å². The lowest BCUT2D eigenvalue weighted by Crippen LogP contribution is -2.41. The summed E-state index contributed by atoms with van der Waals surface area (Å²) in [4.78, 5) is 12.1. The van der Waals surface area contributed by atoms with Gasteiger partial charge in [0.25, 0.3) is 6.43 Å². The third kappa shape index (κ3) is 4.48. The molecule has 5 heteroatoms. The molecule has 0 heterocycles. The van der Waals surface area contributed by atoms with Gasteiger partial charge in [-0.2, -0.15) is 0 Å². The van der Waals surface area contributed by atoms with Crippen LogP contribution in [0.15, 0.2) is 30.3 Å². The van der Waals surface area contributed by atoms with Gasteiger partial charge in [-0.05, 0) is 12.5 Å². The van der Waals surface area contributed by atoms with Gasteiger partial charge in [0.05, 0.1) is 6.54 Å². The average Bonchev–Trinajstić information content (AvgIpc) is 2.28. The molecule has 0 saturated heterocycles. The van der Waals surface area contributed by atoms with Crippen LogP contribution in [-0.2, 0) is 11.3 Å². The van der Waals surface area contributed by atoms with Crippen molar-refractivity contribution in [1.82, 2.24) is 4.90 Å². The summed E-state index contributed by atoms with van der Waals surface area (Å²) in [5.74, 6) is -1.10. The molecule has 1 unspecified atom stereocenters. The topological polar surface area (TPSA) is 40.5 Å². The van der Waals surface area contributed by atoms with Gasteiger partial charge in [0.1, 0.15) is 6.04 Å². The van der Waals surface area contributed by atoms with Crippen molar-refractivity contribution in [1.29, 1.82) is 0 Å². The standard InChI is InChI=1S/C12H15F2NO2/c1-9(12(16)17)15(8-11(13)14)7-10-5-3-2-4-6-10/h2-6,9,11H,7-8H2,1H3,(H,16,17). The number of halogens is 2. The second-order valence-corrected chi connectivity index (χ2v) is 3.82. The second kappa shape index (κ2) is 6.30. The number of aliphatic carboxylic acids is 1. The highest BCUT2D eigenvalue weighted by Gasteiger charge is 2.23. The summed E-state index contributed by atoms with van der Waals surface area (Å²) in [6, 6.07) is 8.05. The molecular formula is C12H15F2NO2. The smallest absolute Gasteiger partial charge is 0.320 e. The molecule has 0 saturated carbocycles. The number of hydrogen-bond acceptors (Lipinski definition) is 2. The van der Waals surface area contributed by atoms with Crippen molar-refractivity contribution in [3.8, 4) is 0 Å². The lowest BCUT2D eigenvalue weighted by atomic mass is 10.2. The molecule has 0 aliphatic heterocycles. The maximum Gasteiger partial charge on any atom is 0.320 e. The van der Waals surface area contributed by atoms with Gasteiger partial charge in [-0.1, -0.05) is 30.3 Å². The average molecular weight is 243 g/mol. The quantitative estimate of drug-likeness (QED) is 0.832. The van der Waals surface area contributed by atoms with E-state index in [1.807, 2.05) is 6.07 Å². The van der Waals surface area contributed by atoms with Crippen molar-refractivity contribution in [3.63, 3.8) is 0 Å². The molecule has 1 aromatic carbocycles. The van der Waals surface area contributed by atoms with E-state index in [-0.39, 0.29) is 6.54 Å². The Labute approximate surface area is 98.7 Å². The first kappa shape index (κ1) is 13.6. The molecule has 1 N–H and O–H groups in total. The maximum atomic E-state index is 12.4. The second-order valence-electron chi connectivity index (χ2n) is 3.82. The Hall–Kier alpha value is -1.49. The minimum absolute atomic E-state index is 0.207. The Kier molecular flexibility index (Phi) is 5.03. The zero-order valence-electron chi connectivity index (χ0n) is 9.51. The molecular weight excluding hydrogens is 228 g/mol. The molecule has 1 atom stereocenters. The number of benzene rings is 1. The summed E-state index contributed by atoms with van der Waals surface area (Å²) in [6.07, 6.45) is -2.54. The molecule has 1 rings (SSSR count). The van der Waals surface area contributed by atoms with Gasteiger partial charge in [-0.3, -0.25) is 9.69 Å². The van der Waals surface area contributed by atoms with Gasteiger partial charge in [0.2, 0.25) is 0 Å². The minimum Gasteiger partial charge on any atom is -0.480 e. The number of carbonyl (C=O) groups is 1. The van der Waals surface area contributed by atoms with E-state index in [1.54, 1.807) is 24.3 Å². The van der Waals surface area contributed by atoms with Crippen LogP contribution in [0, 0.1) is 0 Å². The van der Waals surface area contributed by atoms with E-state index in [9.17, 15) is 13.6 Å². The summed E-state index contributed by atoms with van der Waals surface area (Å²) in [5.41, 5.74) is 0.821. The lowest BCUT2D eigenvalue weighted by Gasteiger charge is -2.25. The fraction of sp³-hybridized carbons (Fsp3) is 0.417. The third-order valence-electron chi connectivity index (χ3n) is 2.51. The van der Waals surface area contributed by atoms with Crippen LogP contribution in [0.4, 0.5) is 8.78 Å². The van der Waals surface area contributed by atoms with Crippen molar-refractivity contribution in [3.05, 3.63) is 35.9 Å². The van der Waals surface area contributed by atoms with Crippen molar-refractivity contribution in [2.24, 2.45) is 0 Å². The highest BCUT2D eigenvalue weighted by molar-refractivity contribution is 5.72. The molecule has 94 valence electrons. The Balaban J connectivity index is 2.73. The predicted octanol–water partition coefficient (Wildman–Crippen LogP) is 2.23. The molecule has 0 bridgehead atoms. The Morgan fingerprint density at radius 3 is 2.41 bits per heavy atom. The third-order valence-corrected chi connectivity index (χ3v) is 2.51. The molecule has 0 aromatic heterocycles. The molecule has 0 radical (unpaired) electrons. The fourth-order valence-electron chi connectivity index (χ4n) is 1.51. The first-order chi connectivity index (χ1) is 8.00. The molecule has 17 heavy (non-hydrogen) atoms. The van der Waals surface area contributed by atoms with Crippen LogP contribution < -0.4 is 0 Å². The van der Waals surface area contributed by atoms with Gasteiger partial charge < -0.3 is 5.11 Å². The number of rotatable bonds is 6. The van der Waals surface area contributed by atoms with Crippen LogP contribution >= 0.6 is 0 Å². The van der Waals surface area contributed by atoms with Gasteiger partial charge in [0.15, 0.2) is 0 Å². The van der Waals surface area contributed by atoms with Crippen LogP contribution in [0.5, 0.6) is 0 Å². The Morgan fingerprint density at radius 2 is 1.94 bits per heavy atom. The van der Waals surface area contributed by atoms with Gasteiger partial charge in [0, 0.05) is 6.54 Å². The van der Waals surface area contributed by atoms with E-state index in [0.29, 0.717) is 0 Å². The van der Waals surface area contributed by atoms with Crippen LogP contribution in [-0.4, -0.2) is 35.0 Å². The van der Waals surface area contributed by atoms with Crippen LogP contribution in [0.3, 0.4) is 0 Å². The number of nitrogens with zero attached hydrogens (tertiary/aromatic N) is 1. The van der Waals surface area contributed by atoms with E-state index >= 15 is 0 Å². The van der Waals surface area contributed by atoms with E-state index in [0.717, 1.165) is 5.56 Å². The molecule has 1 aromatic rings. The summed E-state index contributed by atoms with van der Waals surface area (Å²) < 4.78 is 24.8. The molecule has 0 amide bonds. The monoisotopic (exact) mass is 243 g/mol. The number of carboxylic acids is 1. The van der Waals surface area contributed by atoms with Crippen LogP contribution in [0.2, 0.25) is 0 Å². The normalized spacial score (nSPS) is 13.0. The summed E-state index contributed by atoms with van der Waals surface area (Å²) in [5, 5.41) is 8.86. The lowest BCUT2D eigenvalue weighted by molar-refractivity contribution is -0.143. The van der Waals surface area contributed by atoms with Gasteiger partial charge in [-0.15, -0.1) is 0 Å². The van der Waals surface area contributed by atoms with Crippen LogP contribution in [0.1, 0.15) is 12.5 Å². The molecule has 0 fully saturated rings. The zero-order valence-corrected chi connectivity index (χ0v) is 9.51. The first-order valence-electron chi connectivity index (χ1n) is 5.29. The number of hydrogen-bond donors (Lipinski definition) is 1. The molecule has 3 nitrogen and oxygen atoms in total. The van der Waals surface area contributed by atoms with Crippen LogP contribution in [0.25, 0.3) is 0 Å². The van der Waals surface area contributed by atoms with Crippen molar-refractivity contribution in [2.45, 2.75) is 25.9 Å². The summed E-state index contributed by atoms with van der Waals surface area (Å²) in [6.45, 7) is 1.08. The Morgan fingerprint density at radius 1 is 1.35 bits per heavy atom.